The van der Waals surface area contributed by atoms with Crippen LogP contribution in [0.25, 0.3) is 0 Å². The van der Waals surface area contributed by atoms with Crippen molar-refractivity contribution in [1.82, 2.24) is 5.32 Å². The van der Waals surface area contributed by atoms with Crippen LogP contribution < -0.4 is 5.32 Å². The molecule has 0 heterocycles. The van der Waals surface area contributed by atoms with Crippen LogP contribution in [0.4, 0.5) is 0 Å². The maximum absolute atomic E-state index is 11.2. The smallest absolute Gasteiger partial charge is 0.246 e. The highest BCUT2D eigenvalue weighted by Crippen LogP contribution is 1.91. The molecule has 0 aromatic rings. The van der Waals surface area contributed by atoms with Gasteiger partial charge in [0.1, 0.15) is 16.4 Å². The lowest BCUT2D eigenvalue weighted by molar-refractivity contribution is -0.127. The summed E-state index contributed by atoms with van der Waals surface area (Å²) in [7, 11) is -3.06. The van der Waals surface area contributed by atoms with E-state index in [1.807, 2.05) is 13.8 Å². The van der Waals surface area contributed by atoms with Gasteiger partial charge in [0.05, 0.1) is 11.9 Å². The summed E-state index contributed by atoms with van der Waals surface area (Å²) in [6.07, 6.45) is 1.13. The third-order valence-electron chi connectivity index (χ3n) is 1.51. The first-order chi connectivity index (χ1) is 6.70. The lowest BCUT2D eigenvalue weighted by Gasteiger charge is -2.13. The van der Waals surface area contributed by atoms with Gasteiger partial charge in [0.2, 0.25) is 5.91 Å². The molecule has 0 saturated heterocycles. The van der Waals surface area contributed by atoms with Gasteiger partial charge >= 0.3 is 0 Å². The van der Waals surface area contributed by atoms with Crippen LogP contribution in [-0.4, -0.2) is 45.1 Å². The van der Waals surface area contributed by atoms with Gasteiger partial charge in [-0.25, -0.2) is 8.42 Å². The molecule has 0 radical (unpaired) electrons. The number of rotatable bonds is 6. The minimum absolute atomic E-state index is 0.0130. The van der Waals surface area contributed by atoms with Crippen molar-refractivity contribution in [3.8, 4) is 0 Å². The highest BCUT2D eigenvalue weighted by molar-refractivity contribution is 7.90. The predicted octanol–water partition coefficient (Wildman–Crippen LogP) is -0.0393. The van der Waals surface area contributed by atoms with E-state index in [0.717, 1.165) is 6.26 Å². The van der Waals surface area contributed by atoms with Crippen LogP contribution in [-0.2, 0) is 19.4 Å². The largest absolute Gasteiger partial charge is 0.369 e. The quantitative estimate of drug-likeness (QED) is 0.703. The molecule has 15 heavy (non-hydrogen) atoms. The Morgan fingerprint density at radius 1 is 1.33 bits per heavy atom. The van der Waals surface area contributed by atoms with Crippen molar-refractivity contribution in [3.63, 3.8) is 0 Å². The SMILES string of the molecule is CC(CS(C)(=O)=O)NC(=O)COC(C)C. The first-order valence-corrected chi connectivity index (χ1v) is 6.85. The van der Waals surface area contributed by atoms with E-state index in [2.05, 4.69) is 5.32 Å². The number of sulfone groups is 1. The number of amides is 1. The first kappa shape index (κ1) is 14.4. The summed E-state index contributed by atoms with van der Waals surface area (Å²) in [5.41, 5.74) is 0. The predicted molar refractivity (Wildman–Crippen MR) is 58.4 cm³/mol. The van der Waals surface area contributed by atoms with E-state index in [9.17, 15) is 13.2 Å². The van der Waals surface area contributed by atoms with Crippen LogP contribution >= 0.6 is 0 Å². The lowest BCUT2D eigenvalue weighted by Crippen LogP contribution is -2.39. The minimum Gasteiger partial charge on any atom is -0.369 e. The van der Waals surface area contributed by atoms with E-state index >= 15 is 0 Å². The van der Waals surface area contributed by atoms with Crippen molar-refractivity contribution < 1.29 is 17.9 Å². The lowest BCUT2D eigenvalue weighted by atomic mass is 10.4. The summed E-state index contributed by atoms with van der Waals surface area (Å²) >= 11 is 0. The molecule has 5 nitrogen and oxygen atoms in total. The fraction of sp³-hybridized carbons (Fsp3) is 0.889. The Bertz CT molecular complexity index is 297. The molecule has 1 N–H and O–H groups in total. The highest BCUT2D eigenvalue weighted by atomic mass is 32.2. The van der Waals surface area contributed by atoms with Crippen LogP contribution in [0.5, 0.6) is 0 Å². The van der Waals surface area contributed by atoms with E-state index in [1.54, 1.807) is 6.92 Å². The fourth-order valence-electron chi connectivity index (χ4n) is 1.05. The van der Waals surface area contributed by atoms with Gasteiger partial charge < -0.3 is 10.1 Å². The van der Waals surface area contributed by atoms with Crippen molar-refractivity contribution in [1.29, 1.82) is 0 Å². The van der Waals surface area contributed by atoms with Crippen molar-refractivity contribution in [2.24, 2.45) is 0 Å². The topological polar surface area (TPSA) is 72.5 Å². The number of carbonyl (C=O) groups is 1. The molecule has 0 aliphatic heterocycles. The van der Waals surface area contributed by atoms with E-state index < -0.39 is 9.84 Å². The van der Waals surface area contributed by atoms with Crippen molar-refractivity contribution in [2.75, 3.05) is 18.6 Å². The van der Waals surface area contributed by atoms with E-state index in [4.69, 9.17) is 4.74 Å². The third kappa shape index (κ3) is 9.68. The molecule has 1 amide bonds. The van der Waals surface area contributed by atoms with Gasteiger partial charge in [0, 0.05) is 12.3 Å². The Hall–Kier alpha value is -0.620. The van der Waals surface area contributed by atoms with Crippen LogP contribution in [0.3, 0.4) is 0 Å². The van der Waals surface area contributed by atoms with Crippen molar-refractivity contribution in [3.05, 3.63) is 0 Å². The second-order valence-electron chi connectivity index (χ2n) is 3.92. The maximum atomic E-state index is 11.2. The molecule has 90 valence electrons. The monoisotopic (exact) mass is 237 g/mol. The zero-order valence-corrected chi connectivity index (χ0v) is 10.4. The van der Waals surface area contributed by atoms with Crippen LogP contribution in [0.15, 0.2) is 0 Å². The van der Waals surface area contributed by atoms with Crippen LogP contribution in [0.2, 0.25) is 0 Å². The molecule has 1 unspecified atom stereocenters. The molecule has 6 heteroatoms. The molecule has 0 aromatic heterocycles. The molecule has 0 saturated carbocycles. The van der Waals surface area contributed by atoms with Gasteiger partial charge in [0.25, 0.3) is 0 Å². The Morgan fingerprint density at radius 3 is 2.27 bits per heavy atom. The summed E-state index contributed by atoms with van der Waals surface area (Å²) in [6.45, 7) is 5.26. The summed E-state index contributed by atoms with van der Waals surface area (Å²) < 4.78 is 26.9. The Balaban J connectivity index is 3.87. The number of nitrogens with one attached hydrogen (secondary N) is 1. The average Bonchev–Trinajstić information content (AvgIpc) is 1.96. The number of hydrogen-bond acceptors (Lipinski definition) is 4. The van der Waals surface area contributed by atoms with E-state index in [-0.39, 0.29) is 30.4 Å². The molecular weight excluding hydrogens is 218 g/mol. The zero-order valence-electron chi connectivity index (χ0n) is 9.61. The number of ether oxygens (including phenoxy) is 1. The average molecular weight is 237 g/mol. The number of hydrogen-bond donors (Lipinski definition) is 1. The Morgan fingerprint density at radius 2 is 1.87 bits per heavy atom. The van der Waals surface area contributed by atoms with Crippen molar-refractivity contribution >= 4 is 15.7 Å². The molecule has 0 spiro atoms. The van der Waals surface area contributed by atoms with Gasteiger partial charge in [-0.1, -0.05) is 0 Å². The molecule has 0 rings (SSSR count). The van der Waals surface area contributed by atoms with Gasteiger partial charge in [0.15, 0.2) is 0 Å². The fourth-order valence-corrected chi connectivity index (χ4v) is 2.05. The molecule has 0 aliphatic carbocycles. The first-order valence-electron chi connectivity index (χ1n) is 4.79. The third-order valence-corrected chi connectivity index (χ3v) is 2.61. The summed E-state index contributed by atoms with van der Waals surface area (Å²) in [5.74, 6) is -0.347. The van der Waals surface area contributed by atoms with E-state index in [0.29, 0.717) is 0 Å². The van der Waals surface area contributed by atoms with Crippen LogP contribution in [0, 0.1) is 0 Å². The molecule has 1 atom stereocenters. The zero-order chi connectivity index (χ0) is 12.1. The van der Waals surface area contributed by atoms with Gasteiger partial charge in [-0.15, -0.1) is 0 Å². The Kier molecular flexibility index (Phi) is 5.82. The number of carbonyl (C=O) groups excluding carboxylic acids is 1. The van der Waals surface area contributed by atoms with E-state index in [1.165, 1.54) is 0 Å². The standard InChI is InChI=1S/C9H19NO4S/c1-7(2)14-5-9(11)10-8(3)6-15(4,12)13/h7-8H,5-6H2,1-4H3,(H,10,11). The second-order valence-corrected chi connectivity index (χ2v) is 6.11. The van der Waals surface area contributed by atoms with Gasteiger partial charge in [-0.05, 0) is 20.8 Å². The summed E-state index contributed by atoms with van der Waals surface area (Å²) in [5, 5.41) is 2.55. The van der Waals surface area contributed by atoms with Crippen molar-refractivity contribution in [2.45, 2.75) is 32.9 Å². The second kappa shape index (κ2) is 6.07. The molecular formula is C9H19NO4S. The molecule has 0 bridgehead atoms. The maximum Gasteiger partial charge on any atom is 0.246 e. The minimum atomic E-state index is -3.06. The highest BCUT2D eigenvalue weighted by Gasteiger charge is 2.13. The molecule has 0 fully saturated rings. The Labute approximate surface area is 91.1 Å². The molecule has 0 aliphatic rings. The normalized spacial score (nSPS) is 13.9. The summed E-state index contributed by atoms with van der Waals surface area (Å²) in [4.78, 5) is 11.2. The van der Waals surface area contributed by atoms with Crippen LogP contribution in [0.1, 0.15) is 20.8 Å². The molecule has 0 aromatic carbocycles. The van der Waals surface area contributed by atoms with Gasteiger partial charge in [-0.3, -0.25) is 4.79 Å². The van der Waals surface area contributed by atoms with Gasteiger partial charge in [-0.2, -0.15) is 0 Å². The summed E-state index contributed by atoms with van der Waals surface area (Å²) in [6, 6.07) is -0.386.